The fourth-order valence-corrected chi connectivity index (χ4v) is 4.38. The number of benzene rings is 1. The molecule has 5 rings (SSSR count). The smallest absolute Gasteiger partial charge is 0.298 e. The molecule has 1 atom stereocenters. The largest absolute Gasteiger partial charge is 0.423 e. The topological polar surface area (TPSA) is 60.0 Å². The van der Waals surface area contributed by atoms with E-state index in [1.807, 2.05) is 17.8 Å². The average Bonchev–Trinajstić information content (AvgIpc) is 3.42. The molecule has 138 valence electrons. The number of fused-ring (bicyclic) bond motifs is 1. The van der Waals surface area contributed by atoms with Crippen LogP contribution in [-0.4, -0.2) is 32.6 Å². The van der Waals surface area contributed by atoms with Crippen molar-refractivity contribution in [2.24, 2.45) is 0 Å². The third kappa shape index (κ3) is 3.23. The van der Waals surface area contributed by atoms with Crippen molar-refractivity contribution < 1.29 is 4.42 Å². The molecule has 1 fully saturated rings. The van der Waals surface area contributed by atoms with Crippen LogP contribution in [0.3, 0.4) is 0 Å². The Kier molecular flexibility index (Phi) is 4.16. The van der Waals surface area contributed by atoms with Crippen LogP contribution in [0.25, 0.3) is 11.1 Å². The van der Waals surface area contributed by atoms with Gasteiger partial charge < -0.3 is 13.9 Å². The molecule has 0 amide bonds. The van der Waals surface area contributed by atoms with E-state index in [4.69, 9.17) is 9.40 Å². The van der Waals surface area contributed by atoms with Gasteiger partial charge in [-0.1, -0.05) is 6.07 Å². The minimum absolute atomic E-state index is 0.365. The molecule has 4 aromatic rings. The van der Waals surface area contributed by atoms with E-state index in [1.54, 1.807) is 11.3 Å². The molecule has 3 aromatic heterocycles. The molecule has 0 unspecified atom stereocenters. The molecule has 0 aliphatic carbocycles. The maximum Gasteiger partial charge on any atom is 0.298 e. The molecule has 6 nitrogen and oxygen atoms in total. The Bertz CT molecular complexity index is 1050. The number of aromatic nitrogens is 4. The second-order valence-corrected chi connectivity index (χ2v) is 7.86. The molecule has 1 aliphatic rings. The number of thiazole rings is 1. The third-order valence-electron chi connectivity index (χ3n) is 5.15. The van der Waals surface area contributed by atoms with Crippen molar-refractivity contribution in [3.8, 4) is 0 Å². The van der Waals surface area contributed by atoms with E-state index in [1.165, 1.54) is 5.56 Å². The summed E-state index contributed by atoms with van der Waals surface area (Å²) in [5, 5.41) is 2.09. The number of nitrogens with zero attached hydrogens (tertiary/aromatic N) is 5. The van der Waals surface area contributed by atoms with Gasteiger partial charge in [0.2, 0.25) is 0 Å². The SMILES string of the molecule is Cc1ccc2oc(N3CCC[C@H](c4nccn4Cc4cscn4)C3)nc2c1. The molecule has 0 radical (unpaired) electrons. The Morgan fingerprint density at radius 1 is 1.30 bits per heavy atom. The maximum absolute atomic E-state index is 6.02. The van der Waals surface area contributed by atoms with E-state index < -0.39 is 0 Å². The van der Waals surface area contributed by atoms with Crippen LogP contribution in [0.1, 0.15) is 35.8 Å². The van der Waals surface area contributed by atoms with Crippen LogP contribution in [0, 0.1) is 6.92 Å². The fraction of sp³-hybridized carbons (Fsp3) is 0.350. The van der Waals surface area contributed by atoms with Crippen molar-refractivity contribution in [3.63, 3.8) is 0 Å². The summed E-state index contributed by atoms with van der Waals surface area (Å²) >= 11 is 1.63. The normalized spacial score (nSPS) is 17.7. The van der Waals surface area contributed by atoms with Gasteiger partial charge >= 0.3 is 0 Å². The van der Waals surface area contributed by atoms with Gasteiger partial charge in [0.25, 0.3) is 6.01 Å². The molecular formula is C20H21N5OS. The van der Waals surface area contributed by atoms with Gasteiger partial charge in [0.05, 0.1) is 17.7 Å². The number of anilines is 1. The zero-order chi connectivity index (χ0) is 18.2. The monoisotopic (exact) mass is 379 g/mol. The molecular weight excluding hydrogens is 358 g/mol. The quantitative estimate of drug-likeness (QED) is 0.531. The predicted molar refractivity (Wildman–Crippen MR) is 106 cm³/mol. The summed E-state index contributed by atoms with van der Waals surface area (Å²) in [6, 6.07) is 6.86. The summed E-state index contributed by atoms with van der Waals surface area (Å²) in [6.45, 7) is 4.69. The summed E-state index contributed by atoms with van der Waals surface area (Å²) < 4.78 is 8.24. The molecule has 4 heterocycles. The minimum atomic E-state index is 0.365. The Hall–Kier alpha value is -2.67. The Morgan fingerprint density at radius 3 is 3.15 bits per heavy atom. The number of oxazole rings is 1. The van der Waals surface area contributed by atoms with Crippen LogP contribution >= 0.6 is 11.3 Å². The average molecular weight is 379 g/mol. The molecule has 1 aromatic carbocycles. The number of hydrogen-bond donors (Lipinski definition) is 0. The molecule has 0 saturated carbocycles. The number of rotatable bonds is 4. The first-order valence-corrected chi connectivity index (χ1v) is 10.2. The van der Waals surface area contributed by atoms with E-state index in [9.17, 15) is 0 Å². The van der Waals surface area contributed by atoms with Crippen LogP contribution in [0.15, 0.2) is 45.9 Å². The lowest BCUT2D eigenvalue weighted by molar-refractivity contribution is 0.447. The van der Waals surface area contributed by atoms with Gasteiger partial charge in [0.15, 0.2) is 5.58 Å². The summed E-state index contributed by atoms with van der Waals surface area (Å²) in [4.78, 5) is 16.0. The highest BCUT2D eigenvalue weighted by Gasteiger charge is 2.27. The highest BCUT2D eigenvalue weighted by Crippen LogP contribution is 2.31. The summed E-state index contributed by atoms with van der Waals surface area (Å²) in [6.07, 6.45) is 6.18. The number of piperidine rings is 1. The second-order valence-electron chi connectivity index (χ2n) is 7.15. The van der Waals surface area contributed by atoms with Crippen LogP contribution in [0.2, 0.25) is 0 Å². The molecule has 0 bridgehead atoms. The van der Waals surface area contributed by atoms with Crippen molar-refractivity contribution in [2.45, 2.75) is 32.2 Å². The van der Waals surface area contributed by atoms with Gasteiger partial charge in [0.1, 0.15) is 11.3 Å². The van der Waals surface area contributed by atoms with E-state index in [-0.39, 0.29) is 0 Å². The van der Waals surface area contributed by atoms with Gasteiger partial charge in [-0.25, -0.2) is 9.97 Å². The maximum atomic E-state index is 6.02. The van der Waals surface area contributed by atoms with E-state index >= 15 is 0 Å². The lowest BCUT2D eigenvalue weighted by Gasteiger charge is -2.31. The van der Waals surface area contributed by atoms with E-state index in [0.717, 1.165) is 61.1 Å². The molecule has 27 heavy (non-hydrogen) atoms. The highest BCUT2D eigenvalue weighted by atomic mass is 32.1. The van der Waals surface area contributed by atoms with Gasteiger partial charge in [0, 0.05) is 36.8 Å². The van der Waals surface area contributed by atoms with Crippen LogP contribution in [-0.2, 0) is 6.54 Å². The van der Waals surface area contributed by atoms with Crippen molar-refractivity contribution in [3.05, 3.63) is 58.6 Å². The van der Waals surface area contributed by atoms with Gasteiger partial charge in [-0.3, -0.25) is 0 Å². The standard InChI is InChI=1S/C20H21N5OS/c1-14-4-5-18-17(9-14)23-20(26-18)25-7-2-3-15(10-25)19-21-6-8-24(19)11-16-12-27-13-22-16/h4-6,8-9,12-13,15H,2-3,7,10-11H2,1H3/t15-/m0/s1. The Morgan fingerprint density at radius 2 is 2.26 bits per heavy atom. The van der Waals surface area contributed by atoms with Gasteiger partial charge in [-0.05, 0) is 37.5 Å². The number of imidazole rings is 1. The zero-order valence-corrected chi connectivity index (χ0v) is 16.0. The van der Waals surface area contributed by atoms with Crippen LogP contribution in [0.4, 0.5) is 6.01 Å². The van der Waals surface area contributed by atoms with Crippen LogP contribution in [0.5, 0.6) is 0 Å². The number of aryl methyl sites for hydroxylation is 1. The summed E-state index contributed by atoms with van der Waals surface area (Å²) in [5.41, 5.74) is 5.94. The molecule has 7 heteroatoms. The lowest BCUT2D eigenvalue weighted by Crippen LogP contribution is -2.35. The zero-order valence-electron chi connectivity index (χ0n) is 15.2. The first-order chi connectivity index (χ1) is 13.3. The first kappa shape index (κ1) is 16.5. The summed E-state index contributed by atoms with van der Waals surface area (Å²) in [5.74, 6) is 1.49. The first-order valence-electron chi connectivity index (χ1n) is 9.26. The summed E-state index contributed by atoms with van der Waals surface area (Å²) in [7, 11) is 0. The number of hydrogen-bond acceptors (Lipinski definition) is 6. The van der Waals surface area contributed by atoms with Crippen molar-refractivity contribution in [1.82, 2.24) is 19.5 Å². The van der Waals surface area contributed by atoms with E-state index in [2.05, 4.69) is 50.1 Å². The van der Waals surface area contributed by atoms with Gasteiger partial charge in [-0.15, -0.1) is 11.3 Å². The third-order valence-corrected chi connectivity index (χ3v) is 5.79. The predicted octanol–water partition coefficient (Wildman–Crippen LogP) is 4.22. The molecule has 0 N–H and O–H groups in total. The Labute approximate surface area is 161 Å². The molecule has 1 aliphatic heterocycles. The fourth-order valence-electron chi connectivity index (χ4n) is 3.83. The minimum Gasteiger partial charge on any atom is -0.423 e. The van der Waals surface area contributed by atoms with Crippen LogP contribution < -0.4 is 4.90 Å². The molecule has 1 saturated heterocycles. The van der Waals surface area contributed by atoms with Gasteiger partial charge in [-0.2, -0.15) is 4.98 Å². The highest BCUT2D eigenvalue weighted by molar-refractivity contribution is 7.07. The van der Waals surface area contributed by atoms with Crippen molar-refractivity contribution in [1.29, 1.82) is 0 Å². The lowest BCUT2D eigenvalue weighted by atomic mass is 9.97. The molecule has 0 spiro atoms. The van der Waals surface area contributed by atoms with Crippen molar-refractivity contribution in [2.75, 3.05) is 18.0 Å². The van der Waals surface area contributed by atoms with Crippen molar-refractivity contribution >= 4 is 28.5 Å². The van der Waals surface area contributed by atoms with E-state index in [0.29, 0.717) is 5.92 Å². The second kappa shape index (κ2) is 6.81. The Balaban J connectivity index is 1.38.